The van der Waals surface area contributed by atoms with Crippen molar-refractivity contribution in [1.82, 2.24) is 0 Å². The van der Waals surface area contributed by atoms with E-state index in [-0.39, 0.29) is 5.04 Å². The van der Waals surface area contributed by atoms with Crippen LogP contribution in [0, 0.1) is 0 Å². The van der Waals surface area contributed by atoms with Crippen LogP contribution in [0.25, 0.3) is 0 Å². The van der Waals surface area contributed by atoms with Gasteiger partial charge in [0.05, 0.1) is 19.3 Å². The molecule has 1 heterocycles. The Morgan fingerprint density at radius 1 is 0.903 bits per heavy atom. The molecular weight excluding hydrogens is 402 g/mol. The van der Waals surface area contributed by atoms with Gasteiger partial charge in [0.25, 0.3) is 0 Å². The molecule has 0 aliphatic carbocycles. The lowest BCUT2D eigenvalue weighted by Gasteiger charge is -2.36. The second-order valence-electron chi connectivity index (χ2n) is 9.93. The van der Waals surface area contributed by atoms with Crippen LogP contribution in [0.4, 0.5) is 5.69 Å². The largest absolute Gasteiger partial charge is 0.489 e. The first-order valence-electron chi connectivity index (χ1n) is 11.5. The number of rotatable bonds is 9. The average Bonchev–Trinajstić information content (AvgIpc) is 2.76. The molecule has 31 heavy (non-hydrogen) atoms. The van der Waals surface area contributed by atoms with Crippen LogP contribution in [0.2, 0.25) is 18.1 Å². The summed E-state index contributed by atoms with van der Waals surface area (Å²) in [7, 11) is -1.68. The minimum atomic E-state index is -1.68. The van der Waals surface area contributed by atoms with Crippen molar-refractivity contribution < 1.29 is 13.9 Å². The highest BCUT2D eigenvalue weighted by Crippen LogP contribution is 2.36. The van der Waals surface area contributed by atoms with Gasteiger partial charge in [-0.3, -0.25) is 0 Å². The van der Waals surface area contributed by atoms with Gasteiger partial charge in [-0.2, -0.15) is 0 Å². The number of hydrogen-bond donors (Lipinski definition) is 0. The molecule has 0 unspecified atom stereocenters. The first-order chi connectivity index (χ1) is 14.7. The number of piperidine rings is 1. The van der Waals surface area contributed by atoms with Crippen molar-refractivity contribution in [3.8, 4) is 5.75 Å². The zero-order chi connectivity index (χ0) is 22.3. The third kappa shape index (κ3) is 7.09. The van der Waals surface area contributed by atoms with Crippen molar-refractivity contribution in [3.63, 3.8) is 0 Å². The van der Waals surface area contributed by atoms with E-state index in [9.17, 15) is 0 Å². The summed E-state index contributed by atoms with van der Waals surface area (Å²) in [5.74, 6) is 0.910. The molecule has 0 saturated carbocycles. The highest BCUT2D eigenvalue weighted by molar-refractivity contribution is 6.74. The molecule has 0 radical (unpaired) electrons. The Morgan fingerprint density at radius 2 is 1.55 bits per heavy atom. The molecular formula is C26H39NO3Si. The number of hydrogen-bond acceptors (Lipinski definition) is 4. The van der Waals surface area contributed by atoms with Crippen LogP contribution in [0.15, 0.2) is 54.6 Å². The van der Waals surface area contributed by atoms with E-state index in [0.717, 1.165) is 31.7 Å². The van der Waals surface area contributed by atoms with Crippen molar-refractivity contribution in [2.24, 2.45) is 0 Å². The van der Waals surface area contributed by atoms with Crippen LogP contribution >= 0.6 is 0 Å². The quantitative estimate of drug-likeness (QED) is 0.339. The zero-order valence-corrected chi connectivity index (χ0v) is 20.9. The van der Waals surface area contributed by atoms with Gasteiger partial charge in [0.2, 0.25) is 0 Å². The molecule has 0 spiro atoms. The Morgan fingerprint density at radius 3 is 2.16 bits per heavy atom. The van der Waals surface area contributed by atoms with Gasteiger partial charge in [-0.15, -0.1) is 0 Å². The number of anilines is 1. The van der Waals surface area contributed by atoms with Crippen molar-refractivity contribution in [2.45, 2.75) is 64.5 Å². The lowest BCUT2D eigenvalue weighted by Crippen LogP contribution is -2.42. The van der Waals surface area contributed by atoms with Crippen LogP contribution in [0.1, 0.15) is 39.2 Å². The molecule has 4 nitrogen and oxygen atoms in total. The normalized spacial score (nSPS) is 15.8. The van der Waals surface area contributed by atoms with E-state index < -0.39 is 8.32 Å². The minimum absolute atomic E-state index is 0.250. The van der Waals surface area contributed by atoms with Crippen LogP contribution in [-0.4, -0.2) is 40.7 Å². The fourth-order valence-corrected chi connectivity index (χ4v) is 4.53. The van der Waals surface area contributed by atoms with Gasteiger partial charge >= 0.3 is 0 Å². The number of ether oxygens (including phenoxy) is 2. The average molecular weight is 442 g/mol. The van der Waals surface area contributed by atoms with Crippen molar-refractivity contribution >= 4 is 14.0 Å². The Labute approximate surface area is 189 Å². The van der Waals surface area contributed by atoms with E-state index in [4.69, 9.17) is 13.9 Å². The monoisotopic (exact) mass is 441 g/mol. The SMILES string of the molecule is CC(C)(C)[Si](C)(C)OCCOC1CCN(c2ccc(OCc3ccccc3)cc2)CC1. The molecule has 0 atom stereocenters. The van der Waals surface area contributed by atoms with Crippen molar-refractivity contribution in [3.05, 3.63) is 60.2 Å². The van der Waals surface area contributed by atoms with Crippen LogP contribution in [0.3, 0.4) is 0 Å². The summed E-state index contributed by atoms with van der Waals surface area (Å²) in [5, 5.41) is 0.250. The maximum absolute atomic E-state index is 6.23. The van der Waals surface area contributed by atoms with Gasteiger partial charge in [-0.05, 0) is 60.8 Å². The maximum atomic E-state index is 6.23. The maximum Gasteiger partial charge on any atom is 0.192 e. The van der Waals surface area contributed by atoms with E-state index in [1.165, 1.54) is 11.3 Å². The Balaban J connectivity index is 1.36. The van der Waals surface area contributed by atoms with E-state index in [1.807, 2.05) is 18.2 Å². The summed E-state index contributed by atoms with van der Waals surface area (Å²) in [6, 6.07) is 18.7. The standard InChI is InChI=1S/C26H39NO3Si/c1-26(2,3)31(4,5)30-20-19-28-25-15-17-27(18-16-25)23-11-13-24(14-12-23)29-21-22-9-7-6-8-10-22/h6-14,25H,15-21H2,1-5H3. The molecule has 0 aromatic heterocycles. The van der Waals surface area contributed by atoms with E-state index >= 15 is 0 Å². The van der Waals surface area contributed by atoms with Gasteiger partial charge < -0.3 is 18.8 Å². The van der Waals surface area contributed by atoms with Crippen molar-refractivity contribution in [2.75, 3.05) is 31.2 Å². The highest BCUT2D eigenvalue weighted by Gasteiger charge is 2.36. The van der Waals surface area contributed by atoms with Gasteiger partial charge in [0.1, 0.15) is 12.4 Å². The topological polar surface area (TPSA) is 30.9 Å². The first kappa shape index (κ1) is 23.8. The van der Waals surface area contributed by atoms with E-state index in [2.05, 4.69) is 75.2 Å². The summed E-state index contributed by atoms with van der Waals surface area (Å²) in [6.07, 6.45) is 2.46. The zero-order valence-electron chi connectivity index (χ0n) is 19.9. The van der Waals surface area contributed by atoms with Crippen LogP contribution < -0.4 is 9.64 Å². The second-order valence-corrected chi connectivity index (χ2v) is 14.7. The summed E-state index contributed by atoms with van der Waals surface area (Å²) < 4.78 is 18.2. The lowest BCUT2D eigenvalue weighted by atomic mass is 10.1. The van der Waals surface area contributed by atoms with Gasteiger partial charge in [0.15, 0.2) is 8.32 Å². The molecule has 2 aromatic carbocycles. The van der Waals surface area contributed by atoms with Gasteiger partial charge in [-0.1, -0.05) is 51.1 Å². The molecule has 170 valence electrons. The first-order valence-corrected chi connectivity index (χ1v) is 14.4. The molecule has 1 aliphatic rings. The van der Waals surface area contributed by atoms with Crippen molar-refractivity contribution in [1.29, 1.82) is 0 Å². The fourth-order valence-electron chi connectivity index (χ4n) is 3.50. The summed E-state index contributed by atoms with van der Waals surface area (Å²) in [4.78, 5) is 2.44. The Hall–Kier alpha value is -1.82. The predicted octanol–water partition coefficient (Wildman–Crippen LogP) is 6.27. The summed E-state index contributed by atoms with van der Waals surface area (Å²) >= 11 is 0. The fraction of sp³-hybridized carbons (Fsp3) is 0.538. The lowest BCUT2D eigenvalue weighted by molar-refractivity contribution is 0.0180. The van der Waals surface area contributed by atoms with Gasteiger partial charge in [0, 0.05) is 18.8 Å². The van der Waals surface area contributed by atoms with Gasteiger partial charge in [-0.25, -0.2) is 0 Å². The third-order valence-electron chi connectivity index (χ3n) is 6.60. The number of benzene rings is 2. The summed E-state index contributed by atoms with van der Waals surface area (Å²) in [6.45, 7) is 15.5. The summed E-state index contributed by atoms with van der Waals surface area (Å²) in [5.41, 5.74) is 2.44. The molecule has 3 rings (SSSR count). The smallest absolute Gasteiger partial charge is 0.192 e. The molecule has 1 aliphatic heterocycles. The highest BCUT2D eigenvalue weighted by atomic mass is 28.4. The molecule has 1 saturated heterocycles. The van der Waals surface area contributed by atoms with E-state index in [0.29, 0.717) is 25.9 Å². The molecule has 5 heteroatoms. The Kier molecular flexibility index (Phi) is 8.20. The molecule has 0 N–H and O–H groups in total. The molecule has 0 amide bonds. The second kappa shape index (κ2) is 10.7. The Bertz CT molecular complexity index is 779. The molecule has 2 aromatic rings. The third-order valence-corrected chi connectivity index (χ3v) is 11.1. The number of nitrogens with zero attached hydrogens (tertiary/aromatic N) is 1. The predicted molar refractivity (Wildman–Crippen MR) is 132 cm³/mol. The minimum Gasteiger partial charge on any atom is -0.489 e. The molecule has 1 fully saturated rings. The van der Waals surface area contributed by atoms with Crippen LogP contribution in [0.5, 0.6) is 5.75 Å². The molecule has 0 bridgehead atoms. The van der Waals surface area contributed by atoms with Crippen LogP contribution in [-0.2, 0) is 15.8 Å². The van der Waals surface area contributed by atoms with E-state index in [1.54, 1.807) is 0 Å².